The zero-order chi connectivity index (χ0) is 8.82. The number of rotatable bonds is 2. The van der Waals surface area contributed by atoms with Crippen LogP contribution in [0.3, 0.4) is 0 Å². The minimum atomic E-state index is 0.542. The molecule has 1 nitrogen and oxygen atoms in total. The minimum absolute atomic E-state index is 0.542. The molecule has 2 aliphatic rings. The molecule has 70 valence electrons. The van der Waals surface area contributed by atoms with Crippen molar-refractivity contribution in [3.63, 3.8) is 0 Å². The predicted octanol–water partition coefficient (Wildman–Crippen LogP) is 2.56. The molecule has 2 rings (SSSR count). The van der Waals surface area contributed by atoms with Crippen molar-refractivity contribution in [2.75, 3.05) is 6.54 Å². The van der Waals surface area contributed by atoms with Crippen LogP contribution in [0.1, 0.15) is 46.5 Å². The Labute approximate surface area is 75.9 Å². The molecule has 12 heavy (non-hydrogen) atoms. The van der Waals surface area contributed by atoms with E-state index in [9.17, 15) is 0 Å². The second kappa shape index (κ2) is 2.47. The fourth-order valence-corrected chi connectivity index (χ4v) is 3.58. The van der Waals surface area contributed by atoms with Crippen LogP contribution in [0.15, 0.2) is 0 Å². The molecule has 0 radical (unpaired) electrons. The molecule has 0 saturated heterocycles. The number of hydrogen-bond donors (Lipinski definition) is 1. The van der Waals surface area contributed by atoms with Crippen LogP contribution in [0, 0.1) is 11.3 Å². The van der Waals surface area contributed by atoms with E-state index in [0.717, 1.165) is 12.5 Å². The van der Waals surface area contributed by atoms with E-state index in [1.807, 2.05) is 0 Å². The third kappa shape index (κ3) is 0.834. The monoisotopic (exact) mass is 167 g/mol. The Bertz CT molecular complexity index is 181. The average Bonchev–Trinajstić information content (AvgIpc) is 2.51. The average molecular weight is 167 g/mol. The predicted molar refractivity (Wildman–Crippen MR) is 52.1 cm³/mol. The van der Waals surface area contributed by atoms with Gasteiger partial charge in [-0.25, -0.2) is 0 Å². The standard InChI is InChI=1S/C11H21N/c1-4-12-11-8-6-5-7-9(11)10(11,2)3/h9,12H,4-8H2,1-3H3/t9-,11-/m1/s1. The maximum absolute atomic E-state index is 3.73. The zero-order valence-electron chi connectivity index (χ0n) is 8.61. The summed E-state index contributed by atoms with van der Waals surface area (Å²) in [4.78, 5) is 0. The summed E-state index contributed by atoms with van der Waals surface area (Å²) in [5.41, 5.74) is 1.12. The van der Waals surface area contributed by atoms with Crippen LogP contribution in [0.25, 0.3) is 0 Å². The van der Waals surface area contributed by atoms with E-state index in [-0.39, 0.29) is 0 Å². The van der Waals surface area contributed by atoms with E-state index in [4.69, 9.17) is 0 Å². The van der Waals surface area contributed by atoms with Gasteiger partial charge in [-0.2, -0.15) is 0 Å². The van der Waals surface area contributed by atoms with Crippen molar-refractivity contribution in [2.45, 2.75) is 52.0 Å². The topological polar surface area (TPSA) is 12.0 Å². The first-order valence-electron chi connectivity index (χ1n) is 5.40. The molecule has 0 unspecified atom stereocenters. The smallest absolute Gasteiger partial charge is 0.0269 e. The Morgan fingerprint density at radius 3 is 2.67 bits per heavy atom. The highest BCUT2D eigenvalue weighted by Crippen LogP contribution is 2.67. The summed E-state index contributed by atoms with van der Waals surface area (Å²) < 4.78 is 0. The summed E-state index contributed by atoms with van der Waals surface area (Å²) in [7, 11) is 0. The van der Waals surface area contributed by atoms with E-state index in [1.54, 1.807) is 0 Å². The van der Waals surface area contributed by atoms with E-state index < -0.39 is 0 Å². The summed E-state index contributed by atoms with van der Waals surface area (Å²) in [5.74, 6) is 0.971. The van der Waals surface area contributed by atoms with Crippen LogP contribution in [0.5, 0.6) is 0 Å². The van der Waals surface area contributed by atoms with Gasteiger partial charge < -0.3 is 5.32 Å². The highest BCUT2D eigenvalue weighted by Gasteiger charge is 2.70. The maximum atomic E-state index is 3.73. The van der Waals surface area contributed by atoms with Crippen molar-refractivity contribution in [3.05, 3.63) is 0 Å². The van der Waals surface area contributed by atoms with Crippen molar-refractivity contribution >= 4 is 0 Å². The van der Waals surface area contributed by atoms with E-state index >= 15 is 0 Å². The van der Waals surface area contributed by atoms with Gasteiger partial charge in [-0.3, -0.25) is 0 Å². The summed E-state index contributed by atoms with van der Waals surface area (Å²) in [6.45, 7) is 8.24. The van der Waals surface area contributed by atoms with E-state index in [0.29, 0.717) is 11.0 Å². The van der Waals surface area contributed by atoms with Gasteiger partial charge in [-0.05, 0) is 30.7 Å². The van der Waals surface area contributed by atoms with E-state index in [1.165, 1.54) is 25.7 Å². The second-order valence-corrected chi connectivity index (χ2v) is 5.02. The molecule has 0 bridgehead atoms. The molecule has 2 fully saturated rings. The van der Waals surface area contributed by atoms with Crippen LogP contribution in [0.4, 0.5) is 0 Å². The molecule has 1 N–H and O–H groups in total. The first-order valence-corrected chi connectivity index (χ1v) is 5.40. The van der Waals surface area contributed by atoms with Gasteiger partial charge in [0, 0.05) is 5.54 Å². The third-order valence-electron chi connectivity index (χ3n) is 4.34. The molecule has 2 saturated carbocycles. The minimum Gasteiger partial charge on any atom is -0.311 e. The Morgan fingerprint density at radius 2 is 2.08 bits per heavy atom. The molecule has 2 atom stereocenters. The summed E-state index contributed by atoms with van der Waals surface area (Å²) in [6, 6.07) is 0. The fourth-order valence-electron chi connectivity index (χ4n) is 3.58. The quantitative estimate of drug-likeness (QED) is 0.666. The lowest BCUT2D eigenvalue weighted by Gasteiger charge is -2.24. The molecule has 0 aliphatic heterocycles. The molecule has 0 aromatic rings. The molecule has 0 heterocycles. The Morgan fingerprint density at radius 1 is 1.33 bits per heavy atom. The van der Waals surface area contributed by atoms with Crippen molar-refractivity contribution in [1.29, 1.82) is 0 Å². The van der Waals surface area contributed by atoms with Gasteiger partial charge in [0.25, 0.3) is 0 Å². The molecule has 0 spiro atoms. The normalized spacial score (nSPS) is 43.8. The van der Waals surface area contributed by atoms with Crippen molar-refractivity contribution in [2.24, 2.45) is 11.3 Å². The summed E-state index contributed by atoms with van der Waals surface area (Å²) >= 11 is 0. The van der Waals surface area contributed by atoms with Gasteiger partial charge in [0.05, 0.1) is 0 Å². The van der Waals surface area contributed by atoms with Crippen molar-refractivity contribution in [3.8, 4) is 0 Å². The highest BCUT2D eigenvalue weighted by atomic mass is 15.1. The first kappa shape index (κ1) is 8.55. The maximum Gasteiger partial charge on any atom is 0.0269 e. The second-order valence-electron chi connectivity index (χ2n) is 5.02. The lowest BCUT2D eigenvalue weighted by Crippen LogP contribution is -2.37. The van der Waals surface area contributed by atoms with Gasteiger partial charge in [0.2, 0.25) is 0 Å². The van der Waals surface area contributed by atoms with Gasteiger partial charge in [-0.15, -0.1) is 0 Å². The SMILES string of the molecule is CCN[C@]12CCCC[C@@H]1C2(C)C. The molecule has 0 aromatic heterocycles. The van der Waals surface area contributed by atoms with Crippen molar-refractivity contribution in [1.82, 2.24) is 5.32 Å². The molecular formula is C11H21N. The first-order chi connectivity index (χ1) is 5.65. The van der Waals surface area contributed by atoms with Crippen molar-refractivity contribution < 1.29 is 0 Å². The zero-order valence-corrected chi connectivity index (χ0v) is 8.61. The fraction of sp³-hybridized carbons (Fsp3) is 1.00. The van der Waals surface area contributed by atoms with Crippen LogP contribution in [-0.2, 0) is 0 Å². The van der Waals surface area contributed by atoms with Crippen LogP contribution in [-0.4, -0.2) is 12.1 Å². The molecule has 1 heteroatoms. The third-order valence-corrected chi connectivity index (χ3v) is 4.34. The van der Waals surface area contributed by atoms with Gasteiger partial charge in [-0.1, -0.05) is 33.6 Å². The van der Waals surface area contributed by atoms with Crippen LogP contribution >= 0.6 is 0 Å². The Balaban J connectivity index is 2.13. The Kier molecular flexibility index (Phi) is 1.76. The summed E-state index contributed by atoms with van der Waals surface area (Å²) in [6.07, 6.45) is 5.77. The number of hydrogen-bond acceptors (Lipinski definition) is 1. The van der Waals surface area contributed by atoms with Crippen LogP contribution < -0.4 is 5.32 Å². The Hall–Kier alpha value is -0.0400. The number of nitrogens with one attached hydrogen (secondary N) is 1. The molecular weight excluding hydrogens is 146 g/mol. The lowest BCUT2D eigenvalue weighted by molar-refractivity contribution is 0.344. The molecule has 0 aromatic carbocycles. The van der Waals surface area contributed by atoms with Gasteiger partial charge >= 0.3 is 0 Å². The molecule has 0 amide bonds. The van der Waals surface area contributed by atoms with Gasteiger partial charge in [0.1, 0.15) is 0 Å². The molecule has 2 aliphatic carbocycles. The summed E-state index contributed by atoms with van der Waals surface area (Å²) in [5, 5.41) is 3.73. The van der Waals surface area contributed by atoms with E-state index in [2.05, 4.69) is 26.1 Å². The number of fused-ring (bicyclic) bond motifs is 1. The lowest BCUT2D eigenvalue weighted by atomic mass is 9.94. The largest absolute Gasteiger partial charge is 0.311 e. The van der Waals surface area contributed by atoms with Gasteiger partial charge in [0.15, 0.2) is 0 Å². The van der Waals surface area contributed by atoms with Crippen LogP contribution in [0.2, 0.25) is 0 Å². The highest BCUT2D eigenvalue weighted by molar-refractivity contribution is 5.24.